The van der Waals surface area contributed by atoms with Gasteiger partial charge in [0.1, 0.15) is 5.15 Å². The van der Waals surface area contributed by atoms with Crippen LogP contribution in [0.3, 0.4) is 0 Å². The maximum atomic E-state index is 12.0. The summed E-state index contributed by atoms with van der Waals surface area (Å²) in [4.78, 5) is 26.2. The van der Waals surface area contributed by atoms with Gasteiger partial charge in [-0.25, -0.2) is 4.79 Å². The summed E-state index contributed by atoms with van der Waals surface area (Å²) in [7, 11) is 0. The summed E-state index contributed by atoms with van der Waals surface area (Å²) in [6.45, 7) is 2.32. The van der Waals surface area contributed by atoms with Crippen LogP contribution in [0.2, 0.25) is 5.15 Å². The second kappa shape index (κ2) is 7.69. The van der Waals surface area contributed by atoms with Gasteiger partial charge in [-0.3, -0.25) is 14.3 Å². The zero-order chi connectivity index (χ0) is 13.5. The monoisotopic (exact) mass is 290 g/mol. The van der Waals surface area contributed by atoms with Crippen molar-refractivity contribution in [2.75, 3.05) is 12.0 Å². The molecule has 1 heterocycles. The molecule has 0 aliphatic carbocycles. The van der Waals surface area contributed by atoms with Gasteiger partial charge in [-0.05, 0) is 31.3 Å². The molecule has 4 nitrogen and oxygen atoms in total. The Bertz CT molecular complexity index is 496. The molecule has 1 aromatic heterocycles. The molecule has 0 bridgehead atoms. The van der Waals surface area contributed by atoms with Gasteiger partial charge in [0.25, 0.3) is 5.56 Å². The minimum atomic E-state index is -0.410. The number of nitrogens with one attached hydrogen (secondary N) is 1. The first kappa shape index (κ1) is 15.4. The molecule has 0 atom stereocenters. The Morgan fingerprint density at radius 2 is 2.00 bits per heavy atom. The summed E-state index contributed by atoms with van der Waals surface area (Å²) in [5.41, 5.74) is -0.177. The highest BCUT2D eigenvalue weighted by molar-refractivity contribution is 7.98. The number of hydrogen-bond acceptors (Lipinski definition) is 3. The van der Waals surface area contributed by atoms with E-state index in [0.717, 1.165) is 25.0 Å². The van der Waals surface area contributed by atoms with E-state index < -0.39 is 5.69 Å². The summed E-state index contributed by atoms with van der Waals surface area (Å²) < 4.78 is 1.25. The van der Waals surface area contributed by atoms with Crippen molar-refractivity contribution < 1.29 is 0 Å². The first-order chi connectivity index (χ1) is 8.61. The van der Waals surface area contributed by atoms with Gasteiger partial charge < -0.3 is 0 Å². The molecule has 0 unspecified atom stereocenters. The van der Waals surface area contributed by atoms with Gasteiger partial charge in [-0.1, -0.05) is 24.9 Å². The van der Waals surface area contributed by atoms with Crippen LogP contribution in [0.4, 0.5) is 0 Å². The van der Waals surface area contributed by atoms with Gasteiger partial charge >= 0.3 is 5.69 Å². The molecule has 1 N–H and O–H groups in total. The molecule has 0 amide bonds. The van der Waals surface area contributed by atoms with E-state index in [-0.39, 0.29) is 10.7 Å². The number of aromatic amines is 1. The lowest BCUT2D eigenvalue weighted by Gasteiger charge is -2.07. The average Bonchev–Trinajstić information content (AvgIpc) is 2.32. The predicted octanol–water partition coefficient (Wildman–Crippen LogP) is 2.29. The van der Waals surface area contributed by atoms with Crippen molar-refractivity contribution in [3.8, 4) is 0 Å². The first-order valence-electron chi connectivity index (χ1n) is 6.12. The largest absolute Gasteiger partial charge is 0.329 e. The molecule has 0 radical (unpaired) electrons. The van der Waals surface area contributed by atoms with Crippen LogP contribution < -0.4 is 11.2 Å². The summed E-state index contributed by atoms with van der Waals surface area (Å²) >= 11 is 7.65. The minimum Gasteiger partial charge on any atom is -0.297 e. The standard InChI is InChI=1S/C12H19ClN2O2S/c1-3-9-10(13)14-12(17)15(11(9)16)7-5-4-6-8-18-2/h3-8H2,1-2H3,(H,14,17). The van der Waals surface area contributed by atoms with Crippen molar-refractivity contribution >= 4 is 23.4 Å². The summed E-state index contributed by atoms with van der Waals surface area (Å²) in [6.07, 6.45) is 5.58. The van der Waals surface area contributed by atoms with Crippen molar-refractivity contribution in [2.24, 2.45) is 0 Å². The topological polar surface area (TPSA) is 54.9 Å². The number of hydrogen-bond donors (Lipinski definition) is 1. The quantitative estimate of drug-likeness (QED) is 0.619. The lowest BCUT2D eigenvalue weighted by atomic mass is 10.2. The predicted molar refractivity (Wildman–Crippen MR) is 77.9 cm³/mol. The second-order valence-electron chi connectivity index (χ2n) is 4.09. The van der Waals surface area contributed by atoms with E-state index >= 15 is 0 Å². The SMILES string of the molecule is CCc1c(Cl)[nH]c(=O)n(CCCCCSC)c1=O. The fraction of sp³-hybridized carbons (Fsp3) is 0.667. The summed E-state index contributed by atoms with van der Waals surface area (Å²) in [5.74, 6) is 1.12. The van der Waals surface area contributed by atoms with Crippen LogP contribution in [-0.2, 0) is 13.0 Å². The van der Waals surface area contributed by atoms with Crippen LogP contribution in [0.25, 0.3) is 0 Å². The van der Waals surface area contributed by atoms with E-state index in [1.165, 1.54) is 4.57 Å². The number of thioether (sulfide) groups is 1. The Hall–Kier alpha value is -0.680. The van der Waals surface area contributed by atoms with Gasteiger partial charge in [-0.15, -0.1) is 0 Å². The number of rotatable bonds is 7. The third kappa shape index (κ3) is 3.92. The van der Waals surface area contributed by atoms with E-state index in [4.69, 9.17) is 11.6 Å². The second-order valence-corrected chi connectivity index (χ2v) is 5.45. The van der Waals surface area contributed by atoms with E-state index in [9.17, 15) is 9.59 Å². The molecule has 6 heteroatoms. The Balaban J connectivity index is 2.77. The van der Waals surface area contributed by atoms with E-state index in [0.29, 0.717) is 18.5 Å². The number of aromatic nitrogens is 2. The van der Waals surface area contributed by atoms with Crippen LogP contribution in [-0.4, -0.2) is 21.6 Å². The highest BCUT2D eigenvalue weighted by Crippen LogP contribution is 2.07. The lowest BCUT2D eigenvalue weighted by molar-refractivity contribution is 0.560. The normalized spacial score (nSPS) is 10.8. The molecule has 0 saturated carbocycles. The first-order valence-corrected chi connectivity index (χ1v) is 7.89. The van der Waals surface area contributed by atoms with Crippen molar-refractivity contribution in [1.29, 1.82) is 0 Å². The maximum absolute atomic E-state index is 12.0. The van der Waals surface area contributed by atoms with Crippen molar-refractivity contribution in [1.82, 2.24) is 9.55 Å². The maximum Gasteiger partial charge on any atom is 0.329 e. The molecule has 18 heavy (non-hydrogen) atoms. The number of halogens is 1. The molecule has 0 fully saturated rings. The van der Waals surface area contributed by atoms with E-state index in [1.807, 2.05) is 18.7 Å². The fourth-order valence-corrected chi connectivity index (χ4v) is 2.58. The summed E-state index contributed by atoms with van der Waals surface area (Å²) in [5, 5.41) is 0.172. The molecule has 0 saturated heterocycles. The van der Waals surface area contributed by atoms with Crippen molar-refractivity contribution in [3.63, 3.8) is 0 Å². The van der Waals surface area contributed by atoms with Crippen LogP contribution >= 0.6 is 23.4 Å². The van der Waals surface area contributed by atoms with E-state index in [1.54, 1.807) is 0 Å². The third-order valence-corrected chi connectivity index (χ3v) is 3.83. The van der Waals surface area contributed by atoms with Gasteiger partial charge in [0.2, 0.25) is 0 Å². The zero-order valence-corrected chi connectivity index (χ0v) is 12.4. The van der Waals surface area contributed by atoms with Gasteiger partial charge in [0, 0.05) is 6.54 Å². The van der Waals surface area contributed by atoms with Crippen molar-refractivity contribution in [3.05, 3.63) is 31.6 Å². The summed E-state index contributed by atoms with van der Waals surface area (Å²) in [6, 6.07) is 0. The van der Waals surface area contributed by atoms with E-state index in [2.05, 4.69) is 11.2 Å². The third-order valence-electron chi connectivity index (χ3n) is 2.81. The van der Waals surface area contributed by atoms with Crippen LogP contribution in [0, 0.1) is 0 Å². The van der Waals surface area contributed by atoms with Crippen molar-refractivity contribution in [2.45, 2.75) is 39.2 Å². The number of nitrogens with zero attached hydrogens (tertiary/aromatic N) is 1. The highest BCUT2D eigenvalue weighted by Gasteiger charge is 2.10. The molecule has 1 aromatic rings. The molecule has 0 aliphatic heterocycles. The fourth-order valence-electron chi connectivity index (χ4n) is 1.79. The molecule has 1 rings (SSSR count). The molecular weight excluding hydrogens is 272 g/mol. The Morgan fingerprint density at radius 3 is 2.61 bits per heavy atom. The Labute approximate surface area is 116 Å². The zero-order valence-electron chi connectivity index (χ0n) is 10.8. The molecule has 0 aromatic carbocycles. The van der Waals surface area contributed by atoms with Gasteiger partial charge in [0.15, 0.2) is 0 Å². The lowest BCUT2D eigenvalue weighted by Crippen LogP contribution is -2.37. The van der Waals surface area contributed by atoms with Crippen LogP contribution in [0.5, 0.6) is 0 Å². The Morgan fingerprint density at radius 1 is 1.28 bits per heavy atom. The average molecular weight is 291 g/mol. The molecule has 0 aliphatic rings. The smallest absolute Gasteiger partial charge is 0.297 e. The number of unbranched alkanes of at least 4 members (excludes halogenated alkanes) is 2. The highest BCUT2D eigenvalue weighted by atomic mass is 35.5. The van der Waals surface area contributed by atoms with Crippen LogP contribution in [0.1, 0.15) is 31.7 Å². The van der Waals surface area contributed by atoms with Gasteiger partial charge in [-0.2, -0.15) is 11.8 Å². The molecule has 0 spiro atoms. The minimum absolute atomic E-state index is 0.172. The Kier molecular flexibility index (Phi) is 6.57. The van der Waals surface area contributed by atoms with Gasteiger partial charge in [0.05, 0.1) is 5.56 Å². The molecular formula is C12H19ClN2O2S. The number of H-pyrrole nitrogens is 1. The van der Waals surface area contributed by atoms with Crippen LogP contribution in [0.15, 0.2) is 9.59 Å². The molecule has 102 valence electrons.